The lowest BCUT2D eigenvalue weighted by Gasteiger charge is -2.22. The van der Waals surface area contributed by atoms with Gasteiger partial charge in [0.25, 0.3) is 0 Å². The van der Waals surface area contributed by atoms with Crippen LogP contribution in [0.1, 0.15) is 74.5 Å². The first kappa shape index (κ1) is 26.3. The van der Waals surface area contributed by atoms with Crippen LogP contribution in [0.2, 0.25) is 5.02 Å². The average molecular weight is 517 g/mol. The zero-order chi connectivity index (χ0) is 24.8. The molecule has 1 aliphatic carbocycles. The fourth-order valence-electron chi connectivity index (χ4n) is 4.02. The van der Waals surface area contributed by atoms with Gasteiger partial charge in [-0.15, -0.1) is 0 Å². The molecule has 1 saturated carbocycles. The highest BCUT2D eigenvalue weighted by Crippen LogP contribution is 2.33. The molecule has 0 spiro atoms. The molecule has 2 aromatic rings. The Morgan fingerprint density at radius 3 is 2.41 bits per heavy atom. The van der Waals surface area contributed by atoms with E-state index in [0.717, 1.165) is 5.56 Å². The van der Waals surface area contributed by atoms with E-state index in [2.05, 4.69) is 17.3 Å². The summed E-state index contributed by atoms with van der Waals surface area (Å²) in [6, 6.07) is 12.0. The fraction of sp³-hybridized carbons (Fsp3) is 0.458. The standard InChI is InChI=1S/C24H28ClF3N2O3S/c1-2-6-22(21-15-20(25)13-14-23(21)30-34(31,32)24(26,27)28)29-33-16-17-9-11-19(12-10-17)18-7-4-3-5-8-18/h9-15,18,30H,2-8,16H2,1H3/b29-22+. The summed E-state index contributed by atoms with van der Waals surface area (Å²) >= 11 is 6.04. The number of nitrogens with zero attached hydrogens (tertiary/aromatic N) is 1. The van der Waals surface area contributed by atoms with Crippen LogP contribution >= 0.6 is 11.6 Å². The zero-order valence-electron chi connectivity index (χ0n) is 18.9. The van der Waals surface area contributed by atoms with Crippen molar-refractivity contribution in [3.63, 3.8) is 0 Å². The average Bonchev–Trinajstić information content (AvgIpc) is 2.80. The van der Waals surface area contributed by atoms with Gasteiger partial charge in [0.05, 0.1) is 11.4 Å². The molecular formula is C24H28ClF3N2O3S. The van der Waals surface area contributed by atoms with Gasteiger partial charge in [0.15, 0.2) is 0 Å². The SMILES string of the molecule is CCC/C(=N\OCc1ccc(C2CCCCC2)cc1)c1cc(Cl)ccc1NS(=O)(=O)C(F)(F)F. The molecule has 10 heteroatoms. The smallest absolute Gasteiger partial charge is 0.391 e. The lowest BCUT2D eigenvalue weighted by Crippen LogP contribution is -2.30. The maximum absolute atomic E-state index is 12.9. The molecule has 186 valence electrons. The van der Waals surface area contributed by atoms with Crippen LogP contribution in [0.4, 0.5) is 18.9 Å². The third-order valence-electron chi connectivity index (χ3n) is 5.79. The molecule has 1 fully saturated rings. The van der Waals surface area contributed by atoms with Gasteiger partial charge in [0, 0.05) is 10.6 Å². The maximum atomic E-state index is 12.9. The van der Waals surface area contributed by atoms with Crippen LogP contribution in [0, 0.1) is 0 Å². The lowest BCUT2D eigenvalue weighted by atomic mass is 9.84. The lowest BCUT2D eigenvalue weighted by molar-refractivity contribution is -0.0429. The third-order valence-corrected chi connectivity index (χ3v) is 7.12. The van der Waals surface area contributed by atoms with Crippen LogP contribution in [0.5, 0.6) is 0 Å². The van der Waals surface area contributed by atoms with E-state index < -0.39 is 15.5 Å². The van der Waals surface area contributed by atoms with Crippen molar-refractivity contribution in [2.45, 2.75) is 69.9 Å². The molecule has 2 aromatic carbocycles. The van der Waals surface area contributed by atoms with Crippen LogP contribution < -0.4 is 4.72 Å². The number of oxime groups is 1. The van der Waals surface area contributed by atoms with Crippen LogP contribution in [0.3, 0.4) is 0 Å². The first-order valence-corrected chi connectivity index (χ1v) is 13.1. The molecular weight excluding hydrogens is 489 g/mol. The van der Waals surface area contributed by atoms with Gasteiger partial charge < -0.3 is 4.84 Å². The van der Waals surface area contributed by atoms with Gasteiger partial charge in [-0.3, -0.25) is 4.72 Å². The summed E-state index contributed by atoms with van der Waals surface area (Å²) in [5.74, 6) is 0.597. The summed E-state index contributed by atoms with van der Waals surface area (Å²) < 4.78 is 63.5. The Balaban J connectivity index is 1.76. The molecule has 0 radical (unpaired) electrons. The molecule has 5 nitrogen and oxygen atoms in total. The first-order chi connectivity index (χ1) is 16.1. The van der Waals surface area contributed by atoms with Crippen molar-refractivity contribution >= 4 is 33.0 Å². The number of sulfonamides is 1. The number of anilines is 1. The Hall–Kier alpha value is -2.26. The fourth-order valence-corrected chi connectivity index (χ4v) is 4.78. The predicted molar refractivity (Wildman–Crippen MR) is 129 cm³/mol. The second kappa shape index (κ2) is 11.4. The number of nitrogens with one attached hydrogen (secondary N) is 1. The van der Waals surface area contributed by atoms with E-state index >= 15 is 0 Å². The van der Waals surface area contributed by atoms with E-state index in [1.165, 1.54) is 55.9 Å². The minimum Gasteiger partial charge on any atom is -0.391 e. The van der Waals surface area contributed by atoms with Crippen molar-refractivity contribution in [2.24, 2.45) is 5.16 Å². The molecule has 1 N–H and O–H groups in total. The van der Waals surface area contributed by atoms with E-state index in [1.807, 2.05) is 19.1 Å². The molecule has 0 amide bonds. The van der Waals surface area contributed by atoms with Crippen molar-refractivity contribution in [1.82, 2.24) is 0 Å². The van der Waals surface area contributed by atoms with Gasteiger partial charge in [-0.1, -0.05) is 73.6 Å². The van der Waals surface area contributed by atoms with Gasteiger partial charge in [0.1, 0.15) is 6.61 Å². The van der Waals surface area contributed by atoms with Gasteiger partial charge in [0.2, 0.25) is 0 Å². The van der Waals surface area contributed by atoms with Crippen LogP contribution in [-0.2, 0) is 21.5 Å². The minimum absolute atomic E-state index is 0.134. The predicted octanol–water partition coefficient (Wildman–Crippen LogP) is 7.37. The number of hydrogen-bond donors (Lipinski definition) is 1. The van der Waals surface area contributed by atoms with Gasteiger partial charge in [-0.05, 0) is 54.5 Å². The molecule has 0 aliphatic heterocycles. The van der Waals surface area contributed by atoms with E-state index in [1.54, 1.807) is 4.72 Å². The largest absolute Gasteiger partial charge is 0.516 e. The van der Waals surface area contributed by atoms with Crippen molar-refractivity contribution in [2.75, 3.05) is 4.72 Å². The van der Waals surface area contributed by atoms with Crippen molar-refractivity contribution in [3.05, 3.63) is 64.2 Å². The normalized spacial score (nSPS) is 15.9. The van der Waals surface area contributed by atoms with E-state index in [9.17, 15) is 21.6 Å². The summed E-state index contributed by atoms with van der Waals surface area (Å²) in [5, 5.41) is 4.36. The zero-order valence-corrected chi connectivity index (χ0v) is 20.4. The van der Waals surface area contributed by atoms with E-state index in [4.69, 9.17) is 16.4 Å². The van der Waals surface area contributed by atoms with Crippen LogP contribution in [0.25, 0.3) is 0 Å². The van der Waals surface area contributed by atoms with Crippen LogP contribution in [0.15, 0.2) is 47.6 Å². The Morgan fingerprint density at radius 1 is 1.12 bits per heavy atom. The second-order valence-electron chi connectivity index (χ2n) is 8.38. The Kier molecular flexibility index (Phi) is 8.87. The Morgan fingerprint density at radius 2 is 1.79 bits per heavy atom. The summed E-state index contributed by atoms with van der Waals surface area (Å²) in [6.07, 6.45) is 7.19. The number of benzene rings is 2. The van der Waals surface area contributed by atoms with Gasteiger partial charge in [-0.25, -0.2) is 0 Å². The van der Waals surface area contributed by atoms with Crippen molar-refractivity contribution in [1.29, 1.82) is 0 Å². The quantitative estimate of drug-likeness (QED) is 0.279. The molecule has 0 atom stereocenters. The highest BCUT2D eigenvalue weighted by Gasteiger charge is 2.46. The summed E-state index contributed by atoms with van der Waals surface area (Å²) in [5.41, 5.74) is -3.07. The minimum atomic E-state index is -5.60. The van der Waals surface area contributed by atoms with Gasteiger partial charge in [-0.2, -0.15) is 21.6 Å². The number of alkyl halides is 3. The summed E-state index contributed by atoms with van der Waals surface area (Å²) in [4.78, 5) is 5.51. The molecule has 0 heterocycles. The summed E-state index contributed by atoms with van der Waals surface area (Å²) in [6.45, 7) is 2.03. The third kappa shape index (κ3) is 6.88. The Labute approximate surface area is 203 Å². The Bertz CT molecular complexity index is 1100. The first-order valence-electron chi connectivity index (χ1n) is 11.3. The molecule has 34 heavy (non-hydrogen) atoms. The van der Waals surface area contributed by atoms with Crippen LogP contribution in [-0.4, -0.2) is 19.6 Å². The monoisotopic (exact) mass is 516 g/mol. The second-order valence-corrected chi connectivity index (χ2v) is 10.5. The number of hydrogen-bond acceptors (Lipinski definition) is 4. The summed E-state index contributed by atoms with van der Waals surface area (Å²) in [7, 11) is -5.60. The van der Waals surface area contributed by atoms with E-state index in [-0.39, 0.29) is 22.9 Å². The molecule has 0 saturated heterocycles. The highest BCUT2D eigenvalue weighted by atomic mass is 35.5. The topological polar surface area (TPSA) is 67.8 Å². The molecule has 0 unspecified atom stereocenters. The number of halogens is 4. The maximum Gasteiger partial charge on any atom is 0.516 e. The molecule has 3 rings (SSSR count). The highest BCUT2D eigenvalue weighted by molar-refractivity contribution is 7.93. The van der Waals surface area contributed by atoms with E-state index in [0.29, 0.717) is 24.5 Å². The number of rotatable bonds is 9. The molecule has 1 aliphatic rings. The van der Waals surface area contributed by atoms with Gasteiger partial charge >= 0.3 is 15.5 Å². The van der Waals surface area contributed by atoms with Crippen molar-refractivity contribution in [3.8, 4) is 0 Å². The van der Waals surface area contributed by atoms with Crippen molar-refractivity contribution < 1.29 is 26.4 Å². The molecule has 0 aromatic heterocycles. The molecule has 0 bridgehead atoms.